The maximum absolute atomic E-state index is 6.23. The van der Waals surface area contributed by atoms with Gasteiger partial charge in [-0.15, -0.1) is 0 Å². The monoisotopic (exact) mass is 409 g/mol. The van der Waals surface area contributed by atoms with Gasteiger partial charge in [-0.2, -0.15) is 0 Å². The van der Waals surface area contributed by atoms with Crippen molar-refractivity contribution in [3.63, 3.8) is 0 Å². The Morgan fingerprint density at radius 2 is 1.37 bits per heavy atom. The van der Waals surface area contributed by atoms with Crippen molar-refractivity contribution >= 4 is 25.7 Å². The van der Waals surface area contributed by atoms with Gasteiger partial charge >= 0.3 is 0 Å². The predicted octanol–water partition coefficient (Wildman–Crippen LogP) is 8.80. The third-order valence-electron chi connectivity index (χ3n) is 4.45. The van der Waals surface area contributed by atoms with Gasteiger partial charge in [0.2, 0.25) is 0 Å². The van der Waals surface area contributed by atoms with Gasteiger partial charge in [0.25, 0.3) is 0 Å². The maximum Gasteiger partial charge on any atom is 0.196 e. The number of rotatable bonds is 4. The van der Waals surface area contributed by atoms with Crippen LogP contribution in [-0.2, 0) is 21.0 Å². The molecule has 27 heavy (non-hydrogen) atoms. The number of benzene rings is 1. The molecule has 1 aromatic rings. The first kappa shape index (κ1) is 24.2. The van der Waals surface area contributed by atoms with Crippen molar-refractivity contribution in [3.8, 4) is 0 Å². The van der Waals surface area contributed by atoms with Crippen molar-refractivity contribution in [1.29, 1.82) is 0 Å². The molecule has 2 nitrogen and oxygen atoms in total. The third kappa shape index (κ3) is 6.61. The molecule has 0 saturated heterocycles. The fourth-order valence-corrected chi connectivity index (χ4v) is 3.55. The molecule has 0 aliphatic rings. The van der Waals surface area contributed by atoms with Crippen LogP contribution in [0.4, 0.5) is 5.69 Å². The first-order chi connectivity index (χ1) is 12.1. The maximum atomic E-state index is 6.23. The van der Waals surface area contributed by atoms with Crippen molar-refractivity contribution in [2.24, 2.45) is 4.74 Å². The number of nitrogens with zero attached hydrogens (tertiary/aromatic N) is 1. The van der Waals surface area contributed by atoms with Crippen LogP contribution in [0.2, 0.25) is 0 Å². The summed E-state index contributed by atoms with van der Waals surface area (Å²) in [7, 11) is 0.827. The Morgan fingerprint density at radius 3 is 1.70 bits per heavy atom. The molecule has 1 rings (SSSR count). The van der Waals surface area contributed by atoms with Crippen molar-refractivity contribution in [1.82, 2.24) is 0 Å². The lowest BCUT2D eigenvalue weighted by molar-refractivity contribution is 0.254. The van der Waals surface area contributed by atoms with Crippen LogP contribution >= 0.6 is 20.0 Å². The van der Waals surface area contributed by atoms with Crippen LogP contribution in [0.15, 0.2) is 27.4 Å². The van der Waals surface area contributed by atoms with Gasteiger partial charge in [0.05, 0.1) is 12.3 Å². The average molecular weight is 410 g/mol. The Kier molecular flexibility index (Phi) is 7.76. The summed E-state index contributed by atoms with van der Waals surface area (Å²) in [6.45, 7) is 24.8. The summed E-state index contributed by atoms with van der Waals surface area (Å²) in [5.74, 6) is 0. The molecule has 0 fully saturated rings. The van der Waals surface area contributed by atoms with Crippen LogP contribution < -0.4 is 0 Å². The normalized spacial score (nSPS) is 14.5. The fraction of sp³-hybridized carbons (Fsp3) is 0.652. The van der Waals surface area contributed by atoms with Crippen LogP contribution in [0.3, 0.4) is 0 Å². The minimum atomic E-state index is -0.00303. The van der Waals surface area contributed by atoms with Crippen LogP contribution in [-0.4, -0.2) is 6.61 Å². The van der Waals surface area contributed by atoms with E-state index >= 15 is 0 Å². The first-order valence-corrected chi connectivity index (χ1v) is 10.9. The molecule has 0 heterocycles. The van der Waals surface area contributed by atoms with E-state index in [1.165, 1.54) is 16.7 Å². The number of halogens is 1. The zero-order chi connectivity index (χ0) is 21.2. The highest BCUT2D eigenvalue weighted by Gasteiger charge is 2.29. The molecule has 0 unspecified atom stereocenters. The molecule has 0 aliphatic carbocycles. The van der Waals surface area contributed by atoms with Gasteiger partial charge in [-0.05, 0) is 58.4 Å². The lowest BCUT2D eigenvalue weighted by Gasteiger charge is -2.32. The second-order valence-corrected chi connectivity index (χ2v) is 11.6. The van der Waals surface area contributed by atoms with Gasteiger partial charge in [0, 0.05) is 13.7 Å². The lowest BCUT2D eigenvalue weighted by atomic mass is 9.74. The van der Waals surface area contributed by atoms with E-state index in [0.717, 1.165) is 19.4 Å². The van der Waals surface area contributed by atoms with E-state index in [2.05, 4.69) is 74.4 Å². The van der Waals surface area contributed by atoms with Crippen molar-refractivity contribution in [2.75, 3.05) is 6.61 Å². The third-order valence-corrected chi connectivity index (χ3v) is 5.77. The summed E-state index contributed by atoms with van der Waals surface area (Å²) in [5.41, 5.74) is 5.09. The summed E-state index contributed by atoms with van der Waals surface area (Å²) in [6, 6.07) is 4.68. The molecule has 0 amide bonds. The summed E-state index contributed by atoms with van der Waals surface area (Å²) in [4.78, 5) is 0. The molecule has 0 aromatic heterocycles. The summed E-state index contributed by atoms with van der Waals surface area (Å²) in [5, 5.41) is 1.38. The van der Waals surface area contributed by atoms with Gasteiger partial charge < -0.3 is 4.74 Å². The quantitative estimate of drug-likeness (QED) is 0.359. The van der Waals surface area contributed by atoms with E-state index in [1.807, 2.05) is 13.8 Å². The Balaban J connectivity index is 3.78. The van der Waals surface area contributed by atoms with Gasteiger partial charge in [0.15, 0.2) is 5.22 Å². The number of ether oxygens (including phenoxy) is 1. The largest absolute Gasteiger partial charge is 0.483 e. The Bertz CT molecular complexity index is 693. The molecule has 4 heteroatoms. The summed E-state index contributed by atoms with van der Waals surface area (Å²) < 4.78 is 10.4. The highest BCUT2D eigenvalue weighted by molar-refractivity contribution is 7.32. The average Bonchev–Trinajstić information content (AvgIpc) is 2.49. The summed E-state index contributed by atoms with van der Waals surface area (Å²) >= 11 is 6.23. The van der Waals surface area contributed by atoms with Crippen LogP contribution in [0.1, 0.15) is 92.9 Å². The second-order valence-electron chi connectivity index (χ2n) is 10.2. The molecular weight excluding hydrogens is 373 g/mol. The highest BCUT2D eigenvalue weighted by Crippen LogP contribution is 2.44. The topological polar surface area (TPSA) is 21.6 Å². The van der Waals surface area contributed by atoms with Crippen molar-refractivity contribution in [3.05, 3.63) is 39.4 Å². The number of allylic oxidation sites excluding steroid dienone is 1. The standard InChI is InChI=1S/C23H37ClNOP/c1-12-26-20(24)15(2)27-25-19-17(22(6,7)8)13-16(21(3,4)5)14-18(19)23(9,10)11/h13-14H,12H2,1-11H3/b20-15+. The molecule has 1 aromatic carbocycles. The fourth-order valence-electron chi connectivity index (χ4n) is 2.71. The summed E-state index contributed by atoms with van der Waals surface area (Å²) in [6.07, 6.45) is 0. The molecule has 0 radical (unpaired) electrons. The van der Waals surface area contributed by atoms with Crippen molar-refractivity contribution < 1.29 is 4.74 Å². The van der Waals surface area contributed by atoms with E-state index in [4.69, 9.17) is 21.1 Å². The van der Waals surface area contributed by atoms with Crippen molar-refractivity contribution in [2.45, 2.75) is 92.4 Å². The molecule has 0 atom stereocenters. The van der Waals surface area contributed by atoms with Gasteiger partial charge in [-0.25, -0.2) is 4.74 Å². The van der Waals surface area contributed by atoms with Crippen LogP contribution in [0.5, 0.6) is 0 Å². The second kappa shape index (κ2) is 8.66. The smallest absolute Gasteiger partial charge is 0.196 e. The molecule has 152 valence electrons. The Labute approximate surface area is 173 Å². The van der Waals surface area contributed by atoms with Gasteiger partial charge in [-0.1, -0.05) is 74.4 Å². The Hall–Kier alpha value is -0.850. The van der Waals surface area contributed by atoms with Crippen LogP contribution in [0, 0.1) is 0 Å². The zero-order valence-electron chi connectivity index (χ0n) is 19.0. The van der Waals surface area contributed by atoms with E-state index in [-0.39, 0.29) is 16.2 Å². The minimum absolute atomic E-state index is 0.00303. The van der Waals surface area contributed by atoms with E-state index in [9.17, 15) is 0 Å². The molecule has 0 N–H and O–H groups in total. The predicted molar refractivity (Wildman–Crippen MR) is 122 cm³/mol. The first-order valence-electron chi connectivity index (χ1n) is 9.69. The van der Waals surface area contributed by atoms with Gasteiger partial charge in [0.1, 0.15) is 0 Å². The number of hydrogen-bond donors (Lipinski definition) is 0. The van der Waals surface area contributed by atoms with E-state index < -0.39 is 0 Å². The number of hydrogen-bond acceptors (Lipinski definition) is 2. The zero-order valence-corrected chi connectivity index (χ0v) is 20.7. The highest BCUT2D eigenvalue weighted by atomic mass is 35.5. The van der Waals surface area contributed by atoms with Gasteiger partial charge in [-0.3, -0.25) is 0 Å². The molecule has 0 saturated carbocycles. The molecular formula is C23H37ClNOP. The Morgan fingerprint density at radius 1 is 0.926 bits per heavy atom. The lowest BCUT2D eigenvalue weighted by Crippen LogP contribution is -2.21. The molecule has 0 bridgehead atoms. The minimum Gasteiger partial charge on any atom is -0.483 e. The SMILES string of the molecule is CCO/C(Cl)=C(\C)P=Nc1c(C(C)(C)C)cc(C(C)(C)C)cc1C(C)(C)C. The van der Waals surface area contributed by atoms with Crippen LogP contribution in [0.25, 0.3) is 0 Å². The molecule has 0 spiro atoms. The van der Waals surface area contributed by atoms with E-state index in [1.54, 1.807) is 0 Å². The molecule has 0 aliphatic heterocycles. The van der Waals surface area contributed by atoms with E-state index in [0.29, 0.717) is 11.8 Å².